The number of amides is 1. The summed E-state index contributed by atoms with van der Waals surface area (Å²) in [7, 11) is 0. The molecule has 0 bridgehead atoms. The third-order valence-corrected chi connectivity index (χ3v) is 4.08. The first kappa shape index (κ1) is 14.1. The molecule has 2 rings (SSSR count). The van der Waals surface area contributed by atoms with Gasteiger partial charge in [-0.2, -0.15) is 0 Å². The molecule has 1 amide bonds. The predicted molar refractivity (Wildman–Crippen MR) is 78.0 cm³/mol. The highest BCUT2D eigenvalue weighted by Gasteiger charge is 2.46. The lowest BCUT2D eigenvalue weighted by atomic mass is 9.84. The van der Waals surface area contributed by atoms with Gasteiger partial charge in [-0.15, -0.1) is 0 Å². The first-order valence-electron chi connectivity index (χ1n) is 7.04. The first-order valence-corrected chi connectivity index (χ1v) is 7.04. The summed E-state index contributed by atoms with van der Waals surface area (Å²) in [6.45, 7) is 7.06. The highest BCUT2D eigenvalue weighted by Crippen LogP contribution is 2.32. The maximum Gasteiger partial charge on any atom is 0.240 e. The number of carbonyl (C=O) groups is 1. The molecular weight excluding hydrogens is 236 g/mol. The van der Waals surface area contributed by atoms with Crippen molar-refractivity contribution in [2.24, 2.45) is 5.73 Å². The molecule has 1 fully saturated rings. The van der Waals surface area contributed by atoms with Crippen molar-refractivity contribution in [2.45, 2.75) is 51.0 Å². The number of benzene rings is 1. The summed E-state index contributed by atoms with van der Waals surface area (Å²) in [5, 5.41) is 2.99. The molecule has 1 aromatic rings. The minimum absolute atomic E-state index is 0.00856. The van der Waals surface area contributed by atoms with Crippen LogP contribution in [0.3, 0.4) is 0 Å². The van der Waals surface area contributed by atoms with Crippen LogP contribution in [0.25, 0.3) is 0 Å². The quantitative estimate of drug-likeness (QED) is 0.852. The molecule has 1 aliphatic carbocycles. The Bertz CT molecular complexity index is 458. The lowest BCUT2D eigenvalue weighted by molar-refractivity contribution is -0.123. The molecule has 19 heavy (non-hydrogen) atoms. The van der Waals surface area contributed by atoms with E-state index < -0.39 is 5.54 Å². The Morgan fingerprint density at radius 1 is 1.32 bits per heavy atom. The summed E-state index contributed by atoms with van der Waals surface area (Å²) in [5.74, 6) is -0.00856. The maximum absolute atomic E-state index is 11.9. The van der Waals surface area contributed by atoms with Crippen molar-refractivity contribution in [3.8, 4) is 0 Å². The van der Waals surface area contributed by atoms with E-state index in [9.17, 15) is 4.79 Å². The summed E-state index contributed by atoms with van der Waals surface area (Å²) in [6, 6.07) is 8.62. The van der Waals surface area contributed by atoms with Crippen LogP contribution in [0.5, 0.6) is 0 Å². The average molecular weight is 260 g/mol. The second-order valence-electron chi connectivity index (χ2n) is 6.27. The molecule has 0 unspecified atom stereocenters. The Morgan fingerprint density at radius 2 is 1.89 bits per heavy atom. The van der Waals surface area contributed by atoms with Crippen molar-refractivity contribution in [3.05, 3.63) is 35.4 Å². The molecule has 0 aromatic heterocycles. The molecule has 3 nitrogen and oxygen atoms in total. The zero-order valence-electron chi connectivity index (χ0n) is 12.1. The molecular formula is C16H24N2O. The van der Waals surface area contributed by atoms with Crippen LogP contribution in [0.4, 0.5) is 0 Å². The van der Waals surface area contributed by atoms with Gasteiger partial charge in [-0.25, -0.2) is 0 Å². The van der Waals surface area contributed by atoms with Gasteiger partial charge in [0.05, 0.1) is 5.54 Å². The number of nitrogens with two attached hydrogens (primary N) is 1. The maximum atomic E-state index is 11.9. The topological polar surface area (TPSA) is 55.1 Å². The summed E-state index contributed by atoms with van der Waals surface area (Å²) in [4.78, 5) is 11.9. The minimum Gasteiger partial charge on any atom is -0.354 e. The second kappa shape index (κ2) is 4.97. The summed E-state index contributed by atoms with van der Waals surface area (Å²) in [6.07, 6.45) is 2.67. The van der Waals surface area contributed by atoms with Gasteiger partial charge in [-0.1, -0.05) is 45.0 Å². The van der Waals surface area contributed by atoms with Crippen LogP contribution in [-0.4, -0.2) is 18.0 Å². The van der Waals surface area contributed by atoms with Crippen molar-refractivity contribution in [2.75, 3.05) is 6.54 Å². The monoisotopic (exact) mass is 260 g/mol. The van der Waals surface area contributed by atoms with Gasteiger partial charge >= 0.3 is 0 Å². The molecule has 3 N–H and O–H groups in total. The van der Waals surface area contributed by atoms with Crippen molar-refractivity contribution >= 4 is 5.91 Å². The van der Waals surface area contributed by atoms with Crippen LogP contribution in [-0.2, 0) is 16.6 Å². The fraction of sp³-hybridized carbons (Fsp3) is 0.562. The van der Waals surface area contributed by atoms with E-state index in [4.69, 9.17) is 5.73 Å². The summed E-state index contributed by atoms with van der Waals surface area (Å²) < 4.78 is 0. The van der Waals surface area contributed by atoms with E-state index in [0.29, 0.717) is 6.54 Å². The van der Waals surface area contributed by atoms with E-state index in [1.807, 2.05) is 0 Å². The van der Waals surface area contributed by atoms with Gasteiger partial charge < -0.3 is 11.1 Å². The fourth-order valence-electron chi connectivity index (χ4n) is 2.13. The van der Waals surface area contributed by atoms with Crippen molar-refractivity contribution < 1.29 is 4.79 Å². The second-order valence-corrected chi connectivity index (χ2v) is 6.27. The lowest BCUT2D eigenvalue weighted by Crippen LogP contribution is -2.46. The van der Waals surface area contributed by atoms with E-state index in [1.54, 1.807) is 0 Å². The van der Waals surface area contributed by atoms with Gasteiger partial charge in [0.2, 0.25) is 5.91 Å². The largest absolute Gasteiger partial charge is 0.354 e. The molecule has 104 valence electrons. The molecule has 0 atom stereocenters. The molecule has 3 heteroatoms. The van der Waals surface area contributed by atoms with Crippen LogP contribution in [0, 0.1) is 0 Å². The average Bonchev–Trinajstić information content (AvgIpc) is 3.15. The minimum atomic E-state index is -0.581. The van der Waals surface area contributed by atoms with Crippen molar-refractivity contribution in [1.82, 2.24) is 5.32 Å². The van der Waals surface area contributed by atoms with Crippen LogP contribution in [0.15, 0.2) is 24.3 Å². The van der Waals surface area contributed by atoms with Gasteiger partial charge in [0.1, 0.15) is 0 Å². The highest BCUT2D eigenvalue weighted by atomic mass is 16.2. The number of carbonyl (C=O) groups excluding carboxylic acids is 1. The Labute approximate surface area is 115 Å². The third-order valence-electron chi connectivity index (χ3n) is 4.08. The Balaban J connectivity index is 1.98. The lowest BCUT2D eigenvalue weighted by Gasteiger charge is -2.26. The summed E-state index contributed by atoms with van der Waals surface area (Å²) >= 11 is 0. The van der Waals surface area contributed by atoms with E-state index in [1.165, 1.54) is 11.1 Å². The number of aryl methyl sites for hydroxylation is 1. The third kappa shape index (κ3) is 3.16. The van der Waals surface area contributed by atoms with Crippen LogP contribution in [0.1, 0.15) is 44.7 Å². The van der Waals surface area contributed by atoms with Gasteiger partial charge in [-0.3, -0.25) is 4.79 Å². The normalized spacial score (nSPS) is 17.1. The smallest absolute Gasteiger partial charge is 0.240 e. The first-order chi connectivity index (χ1) is 8.87. The molecule has 1 aliphatic rings. The number of nitrogens with one attached hydrogen (secondary N) is 1. The van der Waals surface area contributed by atoms with Crippen LogP contribution >= 0.6 is 0 Å². The predicted octanol–water partition coefficient (Wildman–Crippen LogP) is 2.13. The standard InChI is InChI=1S/C16H24N2O/c1-4-12-5-7-13(8-6-12)15(2,3)11-18-14(19)16(17)9-10-16/h5-8H,4,9-11,17H2,1-3H3,(H,18,19). The highest BCUT2D eigenvalue weighted by molar-refractivity contribution is 5.89. The Hall–Kier alpha value is -1.35. The molecule has 0 saturated heterocycles. The van der Waals surface area contributed by atoms with Gasteiger partial charge in [0, 0.05) is 12.0 Å². The Morgan fingerprint density at radius 3 is 2.37 bits per heavy atom. The van der Waals surface area contributed by atoms with Gasteiger partial charge in [0.15, 0.2) is 0 Å². The molecule has 1 aromatic carbocycles. The Kier molecular flexibility index (Phi) is 3.68. The molecule has 0 heterocycles. The molecule has 0 aliphatic heterocycles. The molecule has 0 radical (unpaired) electrons. The van der Waals surface area contributed by atoms with E-state index >= 15 is 0 Å². The van der Waals surface area contributed by atoms with Gasteiger partial charge in [-0.05, 0) is 30.4 Å². The van der Waals surface area contributed by atoms with E-state index in [2.05, 4.69) is 50.4 Å². The summed E-state index contributed by atoms with van der Waals surface area (Å²) in [5.41, 5.74) is 7.80. The number of hydrogen-bond donors (Lipinski definition) is 2. The van der Waals surface area contributed by atoms with Crippen LogP contribution in [0.2, 0.25) is 0 Å². The van der Waals surface area contributed by atoms with Crippen LogP contribution < -0.4 is 11.1 Å². The van der Waals surface area contributed by atoms with E-state index in [0.717, 1.165) is 19.3 Å². The van der Waals surface area contributed by atoms with Crippen molar-refractivity contribution in [1.29, 1.82) is 0 Å². The number of rotatable bonds is 5. The number of hydrogen-bond acceptors (Lipinski definition) is 2. The zero-order valence-corrected chi connectivity index (χ0v) is 12.1. The van der Waals surface area contributed by atoms with Crippen molar-refractivity contribution in [3.63, 3.8) is 0 Å². The molecule has 1 saturated carbocycles. The van der Waals surface area contributed by atoms with Gasteiger partial charge in [0.25, 0.3) is 0 Å². The fourth-order valence-corrected chi connectivity index (χ4v) is 2.13. The molecule has 0 spiro atoms. The zero-order chi connectivity index (χ0) is 14.1. The SMILES string of the molecule is CCc1ccc(C(C)(C)CNC(=O)C2(N)CC2)cc1. The van der Waals surface area contributed by atoms with E-state index in [-0.39, 0.29) is 11.3 Å².